The van der Waals surface area contributed by atoms with E-state index in [1.807, 2.05) is 0 Å². The van der Waals surface area contributed by atoms with Gasteiger partial charge in [0.2, 0.25) is 0 Å². The van der Waals surface area contributed by atoms with Crippen molar-refractivity contribution in [2.75, 3.05) is 13.2 Å². The van der Waals surface area contributed by atoms with Gasteiger partial charge in [0.15, 0.2) is 6.10 Å². The van der Waals surface area contributed by atoms with Gasteiger partial charge >= 0.3 is 19.8 Å². The summed E-state index contributed by atoms with van der Waals surface area (Å²) in [5.41, 5.74) is 0. The number of hydrogen-bond acceptors (Lipinski definition) is 12. The van der Waals surface area contributed by atoms with E-state index in [0.29, 0.717) is 12.8 Å². The van der Waals surface area contributed by atoms with E-state index < -0.39 is 75.7 Å². The van der Waals surface area contributed by atoms with Gasteiger partial charge in [-0.1, -0.05) is 179 Å². The van der Waals surface area contributed by atoms with Gasteiger partial charge in [-0.25, -0.2) is 4.57 Å². The second-order valence-corrected chi connectivity index (χ2v) is 18.4. The fourth-order valence-electron chi connectivity index (χ4n) is 7.36. The highest BCUT2D eigenvalue weighted by Gasteiger charge is 2.51. The number of carbonyl (C=O) groups is 2. The van der Waals surface area contributed by atoms with Gasteiger partial charge in [0, 0.05) is 12.8 Å². The topological polar surface area (TPSA) is 210 Å². The number of rotatable bonds is 40. The number of unbranched alkanes of at least 4 members (excludes halogenated alkanes) is 24. The summed E-state index contributed by atoms with van der Waals surface area (Å²) in [5, 5.41) is 50.2. The lowest BCUT2D eigenvalue weighted by molar-refractivity contribution is -0.220. The lowest BCUT2D eigenvalue weighted by atomic mass is 9.85. The number of phosphoric ester groups is 1. The Kier molecular flexibility index (Phi) is 35.4. The standard InChI is InChI=1S/C47H87O13P/c1-3-5-7-9-11-13-15-17-19-20-21-22-24-25-27-29-31-33-35-40(48)57-37-39(38-58-61(55,56)60-47-45(53)43(51)42(50)44(52)46(47)54)59-41(49)36-34-32-30-28-26-23-18-16-14-12-10-8-6-4-2/h10,12,16,18,39,42-47,50-54H,3-9,11,13-15,17,19-38H2,1-2H3,(H,55,56)/b12-10+,18-16+/t39-,42?,43-,44?,45?,46?,47?/m0/s1. The third kappa shape index (κ3) is 30.2. The minimum atomic E-state index is -5.12. The minimum absolute atomic E-state index is 0.0832. The molecule has 14 heteroatoms. The number of hydrogen-bond donors (Lipinski definition) is 6. The van der Waals surface area contributed by atoms with Crippen molar-refractivity contribution in [3.8, 4) is 0 Å². The van der Waals surface area contributed by atoms with Crippen LogP contribution in [0.25, 0.3) is 0 Å². The van der Waals surface area contributed by atoms with Gasteiger partial charge < -0.3 is 39.9 Å². The van der Waals surface area contributed by atoms with Crippen LogP contribution >= 0.6 is 7.82 Å². The molecule has 0 radical (unpaired) electrons. The summed E-state index contributed by atoms with van der Waals surface area (Å²) in [7, 11) is -5.12. The predicted molar refractivity (Wildman–Crippen MR) is 240 cm³/mol. The van der Waals surface area contributed by atoms with Gasteiger partial charge in [0.05, 0.1) is 6.61 Å². The Balaban J connectivity index is 2.42. The Bertz CT molecular complexity index is 1170. The largest absolute Gasteiger partial charge is 0.472 e. The van der Waals surface area contributed by atoms with E-state index in [9.17, 15) is 44.6 Å². The predicted octanol–water partition coefficient (Wildman–Crippen LogP) is 9.62. The molecule has 61 heavy (non-hydrogen) atoms. The highest BCUT2D eigenvalue weighted by atomic mass is 31.2. The molecule has 0 aliphatic heterocycles. The summed E-state index contributed by atoms with van der Waals surface area (Å²) in [4.78, 5) is 35.7. The summed E-state index contributed by atoms with van der Waals surface area (Å²) >= 11 is 0. The van der Waals surface area contributed by atoms with Crippen LogP contribution in [-0.4, -0.2) is 98.3 Å². The molecule has 1 rings (SSSR count). The summed E-state index contributed by atoms with van der Waals surface area (Å²) in [6.07, 6.45) is 28.0. The van der Waals surface area contributed by atoms with Crippen molar-refractivity contribution in [3.63, 3.8) is 0 Å². The minimum Gasteiger partial charge on any atom is -0.462 e. The maximum absolute atomic E-state index is 12.8. The molecule has 0 bridgehead atoms. The Morgan fingerprint density at radius 3 is 1.38 bits per heavy atom. The molecule has 0 amide bonds. The van der Waals surface area contributed by atoms with Crippen molar-refractivity contribution in [2.45, 2.75) is 249 Å². The molecule has 0 aromatic carbocycles. The third-order valence-corrected chi connectivity index (χ3v) is 12.3. The van der Waals surface area contributed by atoms with Crippen LogP contribution in [0, 0.1) is 0 Å². The van der Waals surface area contributed by atoms with Crippen molar-refractivity contribution in [2.24, 2.45) is 0 Å². The molecule has 0 aromatic heterocycles. The van der Waals surface area contributed by atoms with Crippen LogP contribution in [0.3, 0.4) is 0 Å². The maximum atomic E-state index is 12.8. The van der Waals surface area contributed by atoms with Crippen LogP contribution in [0.4, 0.5) is 0 Å². The van der Waals surface area contributed by atoms with Gasteiger partial charge in [0.25, 0.3) is 0 Å². The van der Waals surface area contributed by atoms with Crippen LogP contribution in [0.1, 0.15) is 206 Å². The SMILES string of the molecule is CCCC/C=C/C/C=C/CCCCCCCC(=O)O[C@@H](COC(=O)CCCCCCCCCCCCCCCCCCCC)COP(=O)(O)OC1C(O)C(O)C(O)[C@H](O)C1O. The van der Waals surface area contributed by atoms with Crippen LogP contribution in [0.5, 0.6) is 0 Å². The molecule has 1 aliphatic rings. The van der Waals surface area contributed by atoms with Crippen LogP contribution in [-0.2, 0) is 32.7 Å². The molecular formula is C47H87O13P. The van der Waals surface area contributed by atoms with E-state index >= 15 is 0 Å². The number of aliphatic hydroxyl groups is 5. The average molecular weight is 891 g/mol. The molecule has 8 atom stereocenters. The van der Waals surface area contributed by atoms with Crippen molar-refractivity contribution in [1.29, 1.82) is 0 Å². The third-order valence-electron chi connectivity index (χ3n) is 11.3. The lowest BCUT2D eigenvalue weighted by Gasteiger charge is -2.41. The van der Waals surface area contributed by atoms with Gasteiger partial charge in [-0.15, -0.1) is 0 Å². The van der Waals surface area contributed by atoms with Gasteiger partial charge in [-0.05, 0) is 38.5 Å². The molecule has 1 saturated carbocycles. The number of esters is 2. The monoisotopic (exact) mass is 891 g/mol. The van der Waals surface area contributed by atoms with Crippen molar-refractivity contribution in [1.82, 2.24) is 0 Å². The van der Waals surface area contributed by atoms with Gasteiger partial charge in [-0.2, -0.15) is 0 Å². The molecule has 6 N–H and O–H groups in total. The van der Waals surface area contributed by atoms with Crippen LogP contribution in [0.2, 0.25) is 0 Å². The zero-order valence-corrected chi connectivity index (χ0v) is 38.9. The summed E-state index contributed by atoms with van der Waals surface area (Å²) in [6.45, 7) is 3.26. The highest BCUT2D eigenvalue weighted by Crippen LogP contribution is 2.47. The van der Waals surface area contributed by atoms with Gasteiger partial charge in [0.1, 0.15) is 43.2 Å². The fraction of sp³-hybridized carbons (Fsp3) is 0.872. The molecule has 0 spiro atoms. The molecule has 0 heterocycles. The van der Waals surface area contributed by atoms with Crippen LogP contribution < -0.4 is 0 Å². The molecule has 358 valence electrons. The molecule has 1 fully saturated rings. The maximum Gasteiger partial charge on any atom is 0.472 e. The molecule has 1 aliphatic carbocycles. The zero-order valence-electron chi connectivity index (χ0n) is 38.0. The van der Waals surface area contributed by atoms with E-state index in [2.05, 4.69) is 38.2 Å². The summed E-state index contributed by atoms with van der Waals surface area (Å²) < 4.78 is 33.5. The Morgan fingerprint density at radius 2 is 0.902 bits per heavy atom. The first-order valence-electron chi connectivity index (χ1n) is 24.1. The average Bonchev–Trinajstić information content (AvgIpc) is 3.24. The summed E-state index contributed by atoms with van der Waals surface area (Å²) in [6, 6.07) is 0. The fourth-order valence-corrected chi connectivity index (χ4v) is 8.34. The van der Waals surface area contributed by atoms with Gasteiger partial charge in [-0.3, -0.25) is 18.6 Å². The van der Waals surface area contributed by atoms with E-state index in [-0.39, 0.29) is 12.8 Å². The summed E-state index contributed by atoms with van der Waals surface area (Å²) in [5.74, 6) is -1.11. The van der Waals surface area contributed by atoms with E-state index in [1.54, 1.807) is 0 Å². The first kappa shape index (κ1) is 57.3. The van der Waals surface area contributed by atoms with Crippen molar-refractivity contribution in [3.05, 3.63) is 24.3 Å². The van der Waals surface area contributed by atoms with Crippen molar-refractivity contribution >= 4 is 19.8 Å². The number of aliphatic hydroxyl groups excluding tert-OH is 5. The molecule has 0 saturated heterocycles. The second-order valence-electron chi connectivity index (χ2n) is 17.0. The Hall–Kier alpha value is -1.67. The van der Waals surface area contributed by atoms with E-state index in [1.165, 1.54) is 103 Å². The zero-order chi connectivity index (χ0) is 45.0. The smallest absolute Gasteiger partial charge is 0.462 e. The number of ether oxygens (including phenoxy) is 2. The Labute approximate surface area is 368 Å². The molecule has 6 unspecified atom stereocenters. The molecular weight excluding hydrogens is 803 g/mol. The van der Waals surface area contributed by atoms with E-state index in [4.69, 9.17) is 18.5 Å². The lowest BCUT2D eigenvalue weighted by Crippen LogP contribution is -2.64. The highest BCUT2D eigenvalue weighted by molar-refractivity contribution is 7.47. The quantitative estimate of drug-likeness (QED) is 0.0147. The van der Waals surface area contributed by atoms with Crippen LogP contribution in [0.15, 0.2) is 24.3 Å². The first-order valence-corrected chi connectivity index (χ1v) is 25.6. The molecule has 0 aromatic rings. The normalized spacial score (nSPS) is 22.2. The number of carbonyl (C=O) groups excluding carboxylic acids is 2. The van der Waals surface area contributed by atoms with E-state index in [0.717, 1.165) is 64.2 Å². The first-order chi connectivity index (χ1) is 29.4. The number of phosphoric acid groups is 1. The molecule has 13 nitrogen and oxygen atoms in total. The Morgan fingerprint density at radius 1 is 0.508 bits per heavy atom. The van der Waals surface area contributed by atoms with Crippen molar-refractivity contribution < 1.29 is 63.1 Å². The number of allylic oxidation sites excluding steroid dienone is 4. The second kappa shape index (κ2) is 37.7.